The van der Waals surface area contributed by atoms with Crippen molar-refractivity contribution < 1.29 is 10.2 Å². The highest BCUT2D eigenvalue weighted by molar-refractivity contribution is 5.75. The number of hydrogen-bond acceptors (Lipinski definition) is 4. The summed E-state index contributed by atoms with van der Waals surface area (Å²) in [5, 5.41) is 28.8. The van der Waals surface area contributed by atoms with Gasteiger partial charge in [0, 0.05) is 17.3 Å². The van der Waals surface area contributed by atoms with Crippen LogP contribution < -0.4 is 0 Å². The van der Waals surface area contributed by atoms with Gasteiger partial charge in [-0.05, 0) is 32.0 Å². The number of phenolic OH excluding ortho intramolecular Hbond substituents is 1. The number of pyridine rings is 1. The van der Waals surface area contributed by atoms with Gasteiger partial charge in [0.1, 0.15) is 11.4 Å². The third kappa shape index (κ3) is 2.56. The number of phenols is 1. The highest BCUT2D eigenvalue weighted by Gasteiger charge is 2.18. The lowest BCUT2D eigenvalue weighted by Gasteiger charge is -2.16. The number of aromatic nitrogens is 1. The van der Waals surface area contributed by atoms with E-state index in [2.05, 4.69) is 4.98 Å². The van der Waals surface area contributed by atoms with Crippen LogP contribution in [-0.4, -0.2) is 15.2 Å². The normalized spacial score (nSPS) is 11.1. The van der Waals surface area contributed by atoms with Crippen molar-refractivity contribution >= 4 is 0 Å². The van der Waals surface area contributed by atoms with Crippen LogP contribution in [0.5, 0.6) is 5.75 Å². The zero-order valence-electron chi connectivity index (χ0n) is 10.8. The molecule has 0 spiro atoms. The topological polar surface area (TPSA) is 77.1 Å². The highest BCUT2D eigenvalue weighted by atomic mass is 16.3. The summed E-state index contributed by atoms with van der Waals surface area (Å²) < 4.78 is 0. The molecule has 4 nitrogen and oxygen atoms in total. The quantitative estimate of drug-likeness (QED) is 0.863. The molecule has 0 bridgehead atoms. The Bertz CT molecular complexity index is 635. The molecule has 0 aliphatic rings. The number of hydrogen-bond donors (Lipinski definition) is 2. The Hall–Kier alpha value is -2.38. The molecule has 96 valence electrons. The van der Waals surface area contributed by atoms with E-state index in [1.807, 2.05) is 6.07 Å². The number of aliphatic hydroxyl groups is 1. The van der Waals surface area contributed by atoms with Crippen LogP contribution in [-0.2, 0) is 5.60 Å². The summed E-state index contributed by atoms with van der Waals surface area (Å²) in [4.78, 5) is 4.17. The number of nitriles is 1. The van der Waals surface area contributed by atoms with Crippen LogP contribution in [0, 0.1) is 11.3 Å². The third-order valence-corrected chi connectivity index (χ3v) is 2.84. The molecule has 2 aromatic rings. The Morgan fingerprint density at radius 3 is 2.47 bits per heavy atom. The van der Waals surface area contributed by atoms with Crippen LogP contribution in [0.1, 0.15) is 25.1 Å². The SMILES string of the molecule is CC(C)(O)c1ccc(-c2c(O)cccc2C#N)cn1. The molecule has 0 aliphatic heterocycles. The molecule has 1 aromatic heterocycles. The largest absolute Gasteiger partial charge is 0.507 e. The molecule has 0 saturated heterocycles. The second kappa shape index (κ2) is 4.71. The first kappa shape index (κ1) is 13.1. The predicted molar refractivity (Wildman–Crippen MR) is 71.3 cm³/mol. The summed E-state index contributed by atoms with van der Waals surface area (Å²) in [5.41, 5.74) is 1.00. The van der Waals surface area contributed by atoms with Crippen LogP contribution in [0.4, 0.5) is 0 Å². The van der Waals surface area contributed by atoms with Crippen molar-refractivity contribution in [2.24, 2.45) is 0 Å². The molecular weight excluding hydrogens is 240 g/mol. The smallest absolute Gasteiger partial charge is 0.124 e. The van der Waals surface area contributed by atoms with Gasteiger partial charge in [0.05, 0.1) is 17.3 Å². The molecule has 19 heavy (non-hydrogen) atoms. The molecule has 1 aromatic carbocycles. The van der Waals surface area contributed by atoms with Crippen molar-refractivity contribution in [1.29, 1.82) is 5.26 Å². The van der Waals surface area contributed by atoms with Gasteiger partial charge in [-0.3, -0.25) is 4.98 Å². The van der Waals surface area contributed by atoms with Crippen LogP contribution in [0.15, 0.2) is 36.5 Å². The van der Waals surface area contributed by atoms with E-state index in [0.717, 1.165) is 0 Å². The maximum absolute atomic E-state index is 9.88. The zero-order valence-corrected chi connectivity index (χ0v) is 10.8. The average Bonchev–Trinajstić information content (AvgIpc) is 2.37. The number of rotatable bonds is 2. The van der Waals surface area contributed by atoms with Crippen LogP contribution in [0.3, 0.4) is 0 Å². The first-order chi connectivity index (χ1) is 8.93. The van der Waals surface area contributed by atoms with Gasteiger partial charge in [-0.2, -0.15) is 5.26 Å². The number of aromatic hydroxyl groups is 1. The van der Waals surface area contributed by atoms with Crippen molar-refractivity contribution in [3.63, 3.8) is 0 Å². The standard InChI is InChI=1S/C15H14N2O2/c1-15(2,19)13-7-6-11(9-17-13)14-10(8-16)4-3-5-12(14)18/h3-7,9,18-19H,1-2H3. The molecule has 2 N–H and O–H groups in total. The van der Waals surface area contributed by atoms with Gasteiger partial charge in [0.15, 0.2) is 0 Å². The molecule has 0 saturated carbocycles. The van der Waals surface area contributed by atoms with Crippen molar-refractivity contribution in [2.45, 2.75) is 19.4 Å². The Kier molecular flexibility index (Phi) is 3.24. The van der Waals surface area contributed by atoms with E-state index in [1.165, 1.54) is 6.07 Å². The minimum atomic E-state index is -1.02. The van der Waals surface area contributed by atoms with E-state index in [9.17, 15) is 10.2 Å². The fourth-order valence-electron chi connectivity index (χ4n) is 1.84. The summed E-state index contributed by atoms with van der Waals surface area (Å²) in [6, 6.07) is 10.2. The fourth-order valence-corrected chi connectivity index (χ4v) is 1.84. The molecular formula is C15H14N2O2. The number of nitrogens with zero attached hydrogens (tertiary/aromatic N) is 2. The molecule has 0 atom stereocenters. The van der Waals surface area contributed by atoms with E-state index in [1.54, 1.807) is 44.3 Å². The maximum Gasteiger partial charge on any atom is 0.124 e. The van der Waals surface area contributed by atoms with Gasteiger partial charge in [0.2, 0.25) is 0 Å². The predicted octanol–water partition coefficient (Wildman–Crippen LogP) is 2.55. The molecule has 2 rings (SSSR count). The van der Waals surface area contributed by atoms with Gasteiger partial charge >= 0.3 is 0 Å². The monoisotopic (exact) mass is 254 g/mol. The van der Waals surface area contributed by atoms with E-state index < -0.39 is 5.60 Å². The molecule has 0 radical (unpaired) electrons. The van der Waals surface area contributed by atoms with Gasteiger partial charge < -0.3 is 10.2 Å². The Labute approximate surface area is 111 Å². The Morgan fingerprint density at radius 2 is 1.95 bits per heavy atom. The second-order valence-corrected chi connectivity index (χ2v) is 4.80. The summed E-state index contributed by atoms with van der Waals surface area (Å²) in [7, 11) is 0. The van der Waals surface area contributed by atoms with Gasteiger partial charge in [-0.1, -0.05) is 12.1 Å². The lowest BCUT2D eigenvalue weighted by atomic mass is 9.98. The van der Waals surface area contributed by atoms with Crippen molar-refractivity contribution in [3.8, 4) is 22.9 Å². The van der Waals surface area contributed by atoms with Crippen LogP contribution in [0.2, 0.25) is 0 Å². The maximum atomic E-state index is 9.88. The molecule has 1 heterocycles. The fraction of sp³-hybridized carbons (Fsp3) is 0.200. The number of benzene rings is 1. The van der Waals surface area contributed by atoms with E-state index in [-0.39, 0.29) is 5.75 Å². The van der Waals surface area contributed by atoms with Crippen LogP contribution >= 0.6 is 0 Å². The van der Waals surface area contributed by atoms with Crippen molar-refractivity contribution in [1.82, 2.24) is 4.98 Å². The highest BCUT2D eigenvalue weighted by Crippen LogP contribution is 2.32. The lowest BCUT2D eigenvalue weighted by molar-refractivity contribution is 0.0739. The van der Waals surface area contributed by atoms with Crippen molar-refractivity contribution in [2.75, 3.05) is 0 Å². The Morgan fingerprint density at radius 1 is 1.21 bits per heavy atom. The second-order valence-electron chi connectivity index (χ2n) is 4.80. The first-order valence-corrected chi connectivity index (χ1v) is 5.85. The van der Waals surface area contributed by atoms with Crippen LogP contribution in [0.25, 0.3) is 11.1 Å². The van der Waals surface area contributed by atoms with Gasteiger partial charge in [0.25, 0.3) is 0 Å². The molecule has 0 amide bonds. The minimum Gasteiger partial charge on any atom is -0.507 e. The van der Waals surface area contributed by atoms with E-state index >= 15 is 0 Å². The van der Waals surface area contributed by atoms with E-state index in [4.69, 9.17) is 5.26 Å². The summed E-state index contributed by atoms with van der Waals surface area (Å²) >= 11 is 0. The molecule has 0 aliphatic carbocycles. The van der Waals surface area contributed by atoms with Gasteiger partial charge in [-0.15, -0.1) is 0 Å². The Balaban J connectivity index is 2.53. The molecule has 0 unspecified atom stereocenters. The summed E-state index contributed by atoms with van der Waals surface area (Å²) in [5.74, 6) is 0.0388. The van der Waals surface area contributed by atoms with Crippen molar-refractivity contribution in [3.05, 3.63) is 47.8 Å². The first-order valence-electron chi connectivity index (χ1n) is 5.85. The zero-order chi connectivity index (χ0) is 14.0. The minimum absolute atomic E-state index is 0.0388. The van der Waals surface area contributed by atoms with Gasteiger partial charge in [-0.25, -0.2) is 0 Å². The summed E-state index contributed by atoms with van der Waals surface area (Å²) in [6.07, 6.45) is 1.54. The molecule has 4 heteroatoms. The lowest BCUT2D eigenvalue weighted by Crippen LogP contribution is -2.17. The summed E-state index contributed by atoms with van der Waals surface area (Å²) in [6.45, 7) is 3.30. The third-order valence-electron chi connectivity index (χ3n) is 2.84. The van der Waals surface area contributed by atoms with E-state index in [0.29, 0.717) is 22.4 Å². The average molecular weight is 254 g/mol. The molecule has 0 fully saturated rings.